The molecule has 0 unspecified atom stereocenters. The zero-order valence-electron chi connectivity index (χ0n) is 17.1. The standard InChI is InChI=1S/C25H22ClN3O/c1-24(2,3)23(30)21-20(17-8-6-9-18(26)13-17)25(14-27,15-28)22-19-10-5-4-7-16(19)11-12-29(21)22/h4-13,20-22H,1-3H3/t20-,21-,22+/m0/s1. The molecule has 0 aliphatic carbocycles. The molecular formula is C25H22ClN3O. The molecule has 4 nitrogen and oxygen atoms in total. The van der Waals surface area contributed by atoms with Crippen LogP contribution in [0.1, 0.15) is 49.4 Å². The number of benzene rings is 2. The Morgan fingerprint density at radius 1 is 1.10 bits per heavy atom. The van der Waals surface area contributed by atoms with E-state index in [1.807, 2.05) is 68.3 Å². The molecule has 1 saturated heterocycles. The van der Waals surface area contributed by atoms with Crippen molar-refractivity contribution in [1.82, 2.24) is 4.90 Å². The van der Waals surface area contributed by atoms with Crippen molar-refractivity contribution < 1.29 is 4.79 Å². The van der Waals surface area contributed by atoms with Crippen LogP contribution in [-0.4, -0.2) is 16.7 Å². The lowest BCUT2D eigenvalue weighted by molar-refractivity contribution is -0.130. The Hall–Kier alpha value is -3.08. The van der Waals surface area contributed by atoms with Gasteiger partial charge in [-0.1, -0.05) is 68.8 Å². The van der Waals surface area contributed by atoms with E-state index in [4.69, 9.17) is 11.6 Å². The molecule has 1 fully saturated rings. The lowest BCUT2D eigenvalue weighted by atomic mass is 9.66. The Morgan fingerprint density at radius 2 is 1.80 bits per heavy atom. The molecule has 0 radical (unpaired) electrons. The van der Waals surface area contributed by atoms with Crippen LogP contribution in [0.2, 0.25) is 5.02 Å². The molecule has 5 heteroatoms. The molecule has 0 aromatic heterocycles. The molecule has 0 amide bonds. The van der Waals surface area contributed by atoms with Crippen molar-refractivity contribution in [3.8, 4) is 12.1 Å². The summed E-state index contributed by atoms with van der Waals surface area (Å²) in [5.74, 6) is -0.646. The minimum Gasteiger partial charge on any atom is -0.357 e. The first-order valence-corrected chi connectivity index (χ1v) is 10.3. The fraction of sp³-hybridized carbons (Fsp3) is 0.320. The average Bonchev–Trinajstić information content (AvgIpc) is 3.03. The summed E-state index contributed by atoms with van der Waals surface area (Å²) in [6, 6.07) is 18.4. The van der Waals surface area contributed by atoms with Gasteiger partial charge in [-0.15, -0.1) is 0 Å². The van der Waals surface area contributed by atoms with Gasteiger partial charge in [0.15, 0.2) is 11.2 Å². The minimum atomic E-state index is -1.45. The SMILES string of the molecule is CC(C)(C)C(=O)[C@@H]1[C@H](c2cccc(Cl)c2)C(C#N)(C#N)[C@H]2c3ccccc3C=CN12. The summed E-state index contributed by atoms with van der Waals surface area (Å²) in [5, 5.41) is 21.3. The Labute approximate surface area is 182 Å². The number of nitrogens with zero attached hydrogens (tertiary/aromatic N) is 3. The van der Waals surface area contributed by atoms with Crippen molar-refractivity contribution in [2.24, 2.45) is 10.8 Å². The van der Waals surface area contributed by atoms with Crippen molar-refractivity contribution in [3.63, 3.8) is 0 Å². The second-order valence-corrected chi connectivity index (χ2v) is 9.42. The molecule has 0 spiro atoms. The van der Waals surface area contributed by atoms with Gasteiger partial charge >= 0.3 is 0 Å². The Kier molecular flexibility index (Phi) is 4.72. The second-order valence-electron chi connectivity index (χ2n) is 8.98. The van der Waals surface area contributed by atoms with Crippen LogP contribution >= 0.6 is 11.6 Å². The highest BCUT2D eigenvalue weighted by molar-refractivity contribution is 6.30. The molecule has 2 aliphatic rings. The van der Waals surface area contributed by atoms with Crippen LogP contribution in [0, 0.1) is 33.5 Å². The van der Waals surface area contributed by atoms with E-state index in [0.717, 1.165) is 16.7 Å². The highest BCUT2D eigenvalue weighted by atomic mass is 35.5. The predicted octanol–water partition coefficient (Wildman–Crippen LogP) is 5.48. The average molecular weight is 416 g/mol. The number of hydrogen-bond donors (Lipinski definition) is 0. The highest BCUT2D eigenvalue weighted by Crippen LogP contribution is 2.60. The van der Waals surface area contributed by atoms with Gasteiger partial charge in [-0.2, -0.15) is 10.5 Å². The predicted molar refractivity (Wildman–Crippen MR) is 116 cm³/mol. The molecule has 0 bridgehead atoms. The van der Waals surface area contributed by atoms with Crippen LogP contribution in [0.5, 0.6) is 0 Å². The fourth-order valence-electron chi connectivity index (χ4n) is 4.81. The maximum atomic E-state index is 13.7. The molecule has 30 heavy (non-hydrogen) atoms. The maximum Gasteiger partial charge on any atom is 0.177 e. The van der Waals surface area contributed by atoms with E-state index in [2.05, 4.69) is 12.1 Å². The number of halogens is 1. The molecule has 4 rings (SSSR count). The normalized spacial score (nSPS) is 23.8. The number of rotatable bonds is 2. The number of carbonyl (C=O) groups excluding carboxylic acids is 1. The van der Waals surface area contributed by atoms with Crippen molar-refractivity contribution in [3.05, 3.63) is 76.4 Å². The van der Waals surface area contributed by atoms with Gasteiger partial charge in [-0.25, -0.2) is 0 Å². The fourth-order valence-corrected chi connectivity index (χ4v) is 5.01. The zero-order chi connectivity index (χ0) is 21.7. The number of Topliss-reactive ketones (excluding diaryl/α,β-unsaturated/α-hetero) is 1. The molecule has 0 N–H and O–H groups in total. The topological polar surface area (TPSA) is 67.9 Å². The quantitative estimate of drug-likeness (QED) is 0.651. The van der Waals surface area contributed by atoms with E-state index in [9.17, 15) is 15.3 Å². The summed E-state index contributed by atoms with van der Waals surface area (Å²) in [6.07, 6.45) is 3.82. The van der Waals surface area contributed by atoms with Gasteiger partial charge < -0.3 is 4.90 Å². The largest absolute Gasteiger partial charge is 0.357 e. The molecule has 3 atom stereocenters. The second kappa shape index (κ2) is 7.01. The molecule has 0 saturated carbocycles. The van der Waals surface area contributed by atoms with Crippen molar-refractivity contribution in [2.45, 2.75) is 38.8 Å². The Balaban J connectivity index is 2.03. The summed E-state index contributed by atoms with van der Waals surface area (Å²) in [7, 11) is 0. The van der Waals surface area contributed by atoms with Crippen LogP contribution in [0.4, 0.5) is 0 Å². The van der Waals surface area contributed by atoms with Gasteiger partial charge in [0.05, 0.1) is 24.2 Å². The summed E-state index contributed by atoms with van der Waals surface area (Å²) in [4.78, 5) is 15.6. The number of fused-ring (bicyclic) bond motifs is 3. The third-order valence-electron chi connectivity index (χ3n) is 6.16. The highest BCUT2D eigenvalue weighted by Gasteiger charge is 2.64. The smallest absolute Gasteiger partial charge is 0.177 e. The van der Waals surface area contributed by atoms with Crippen LogP contribution in [-0.2, 0) is 4.79 Å². The molecule has 2 aromatic rings. The molecular weight excluding hydrogens is 394 g/mol. The Bertz CT molecular complexity index is 1120. The van der Waals surface area contributed by atoms with Gasteiger partial charge in [0.2, 0.25) is 0 Å². The number of hydrogen-bond acceptors (Lipinski definition) is 4. The van der Waals surface area contributed by atoms with Crippen LogP contribution in [0.3, 0.4) is 0 Å². The summed E-state index contributed by atoms with van der Waals surface area (Å²) in [5.41, 5.74) is 0.491. The van der Waals surface area contributed by atoms with E-state index >= 15 is 0 Å². The monoisotopic (exact) mass is 415 g/mol. The van der Waals surface area contributed by atoms with Crippen LogP contribution in [0.25, 0.3) is 6.08 Å². The third-order valence-corrected chi connectivity index (χ3v) is 6.39. The molecule has 2 aromatic carbocycles. The van der Waals surface area contributed by atoms with E-state index in [0.29, 0.717) is 5.02 Å². The lowest BCUT2D eigenvalue weighted by Gasteiger charge is -2.36. The van der Waals surface area contributed by atoms with Gasteiger partial charge in [0.25, 0.3) is 0 Å². The van der Waals surface area contributed by atoms with E-state index in [-0.39, 0.29) is 5.78 Å². The van der Waals surface area contributed by atoms with E-state index in [1.54, 1.807) is 18.2 Å². The first-order valence-electron chi connectivity index (χ1n) is 9.91. The van der Waals surface area contributed by atoms with Gasteiger partial charge in [-0.05, 0) is 34.9 Å². The zero-order valence-corrected chi connectivity index (χ0v) is 17.9. The number of carbonyl (C=O) groups is 1. The summed E-state index contributed by atoms with van der Waals surface area (Å²) >= 11 is 6.28. The summed E-state index contributed by atoms with van der Waals surface area (Å²) in [6.45, 7) is 5.62. The Morgan fingerprint density at radius 3 is 2.43 bits per heavy atom. The minimum absolute atomic E-state index is 0.00567. The van der Waals surface area contributed by atoms with Gasteiger partial charge in [-0.3, -0.25) is 4.79 Å². The number of ketones is 1. The third kappa shape index (κ3) is 2.83. The van der Waals surface area contributed by atoms with Crippen molar-refractivity contribution in [2.75, 3.05) is 0 Å². The first-order chi connectivity index (χ1) is 14.2. The molecule has 2 aliphatic heterocycles. The van der Waals surface area contributed by atoms with Gasteiger partial charge in [0.1, 0.15) is 0 Å². The summed E-state index contributed by atoms with van der Waals surface area (Å²) < 4.78 is 0. The first kappa shape index (κ1) is 20.2. The van der Waals surface area contributed by atoms with Crippen LogP contribution < -0.4 is 0 Å². The van der Waals surface area contributed by atoms with Gasteiger partial charge in [0, 0.05) is 22.6 Å². The molecule has 2 heterocycles. The van der Waals surface area contributed by atoms with E-state index in [1.165, 1.54) is 0 Å². The van der Waals surface area contributed by atoms with Crippen LogP contribution in [0.15, 0.2) is 54.7 Å². The lowest BCUT2D eigenvalue weighted by Crippen LogP contribution is -2.43. The maximum absolute atomic E-state index is 13.7. The number of nitriles is 2. The van der Waals surface area contributed by atoms with Crippen molar-refractivity contribution >= 4 is 23.5 Å². The molecule has 150 valence electrons. The van der Waals surface area contributed by atoms with Crippen molar-refractivity contribution in [1.29, 1.82) is 10.5 Å². The van der Waals surface area contributed by atoms with E-state index < -0.39 is 28.8 Å².